The van der Waals surface area contributed by atoms with Crippen LogP contribution in [0.2, 0.25) is 0 Å². The molecule has 1 heterocycles. The van der Waals surface area contributed by atoms with E-state index in [2.05, 4.69) is 10.4 Å². The van der Waals surface area contributed by atoms with Crippen LogP contribution < -0.4 is 5.32 Å². The number of hydrogen-bond donors (Lipinski definition) is 1. The molecule has 0 aliphatic carbocycles. The van der Waals surface area contributed by atoms with E-state index in [4.69, 9.17) is 9.47 Å². The molecule has 180 valence electrons. The molecule has 3 rings (SSSR count). The van der Waals surface area contributed by atoms with Crippen LogP contribution in [0.1, 0.15) is 43.5 Å². The second-order valence-electron chi connectivity index (χ2n) is 8.63. The van der Waals surface area contributed by atoms with Crippen molar-refractivity contribution < 1.29 is 19.1 Å². The van der Waals surface area contributed by atoms with Gasteiger partial charge in [-0.25, -0.2) is 0 Å². The van der Waals surface area contributed by atoms with E-state index in [0.717, 1.165) is 11.1 Å². The molecule has 0 amide bonds. The third-order valence-corrected chi connectivity index (χ3v) is 5.20. The quantitative estimate of drug-likeness (QED) is 0.384. The van der Waals surface area contributed by atoms with Gasteiger partial charge in [-0.2, -0.15) is 5.10 Å². The standard InChI is InChI=1S/C27H33N3O4/c1-21(2)17-25(27(32)34-19-23-11-7-4-8-12-23)28-15-13-26(31)33-20-24-14-16-30(29-24)18-22-9-5-3-6-10-22/h3-12,14,16,21,25,28H,13,15,17-20H2,1-2H3. The van der Waals surface area contributed by atoms with Crippen molar-refractivity contribution in [2.75, 3.05) is 6.54 Å². The summed E-state index contributed by atoms with van der Waals surface area (Å²) in [6.07, 6.45) is 2.65. The Labute approximate surface area is 201 Å². The maximum atomic E-state index is 12.6. The molecule has 34 heavy (non-hydrogen) atoms. The molecule has 1 N–H and O–H groups in total. The van der Waals surface area contributed by atoms with E-state index in [1.165, 1.54) is 0 Å². The SMILES string of the molecule is CC(C)CC(NCCC(=O)OCc1ccn(Cc2ccccc2)n1)C(=O)OCc1ccccc1. The summed E-state index contributed by atoms with van der Waals surface area (Å²) in [7, 11) is 0. The molecule has 0 bridgehead atoms. The van der Waals surface area contributed by atoms with Gasteiger partial charge in [-0.1, -0.05) is 74.5 Å². The number of benzene rings is 2. The first-order valence-electron chi connectivity index (χ1n) is 11.7. The van der Waals surface area contributed by atoms with Crippen LogP contribution in [0.3, 0.4) is 0 Å². The highest BCUT2D eigenvalue weighted by atomic mass is 16.5. The summed E-state index contributed by atoms with van der Waals surface area (Å²) in [6.45, 7) is 5.44. The van der Waals surface area contributed by atoms with E-state index in [1.807, 2.05) is 91.5 Å². The van der Waals surface area contributed by atoms with Gasteiger partial charge in [0.25, 0.3) is 0 Å². The zero-order valence-electron chi connectivity index (χ0n) is 19.9. The Balaban J connectivity index is 1.39. The number of esters is 2. The lowest BCUT2D eigenvalue weighted by molar-refractivity contribution is -0.149. The first-order valence-corrected chi connectivity index (χ1v) is 11.7. The van der Waals surface area contributed by atoms with Crippen LogP contribution in [0, 0.1) is 5.92 Å². The molecule has 1 aromatic heterocycles. The topological polar surface area (TPSA) is 82.5 Å². The smallest absolute Gasteiger partial charge is 0.323 e. The summed E-state index contributed by atoms with van der Waals surface area (Å²) >= 11 is 0. The fourth-order valence-corrected chi connectivity index (χ4v) is 3.48. The van der Waals surface area contributed by atoms with Gasteiger partial charge in [-0.3, -0.25) is 14.3 Å². The van der Waals surface area contributed by atoms with E-state index < -0.39 is 6.04 Å². The average molecular weight is 464 g/mol. The van der Waals surface area contributed by atoms with Gasteiger partial charge in [0.05, 0.1) is 18.7 Å². The lowest BCUT2D eigenvalue weighted by Crippen LogP contribution is -2.40. The summed E-state index contributed by atoms with van der Waals surface area (Å²) in [6, 6.07) is 21.0. The van der Waals surface area contributed by atoms with Crippen LogP contribution in [0.5, 0.6) is 0 Å². The Hall–Kier alpha value is -3.45. The largest absolute Gasteiger partial charge is 0.460 e. The van der Waals surface area contributed by atoms with Crippen LogP contribution in [0.4, 0.5) is 0 Å². The second-order valence-corrected chi connectivity index (χ2v) is 8.63. The molecule has 7 heteroatoms. The monoisotopic (exact) mass is 463 g/mol. The first-order chi connectivity index (χ1) is 16.5. The number of carbonyl (C=O) groups is 2. The van der Waals surface area contributed by atoms with Crippen molar-refractivity contribution in [3.8, 4) is 0 Å². The number of nitrogens with one attached hydrogen (secondary N) is 1. The van der Waals surface area contributed by atoms with E-state index in [1.54, 1.807) is 0 Å². The zero-order valence-corrected chi connectivity index (χ0v) is 19.9. The molecular weight excluding hydrogens is 430 g/mol. The molecule has 3 aromatic rings. The Kier molecular flexibility index (Phi) is 9.85. The summed E-state index contributed by atoms with van der Waals surface area (Å²) in [5.41, 5.74) is 2.78. The fraction of sp³-hybridized carbons (Fsp3) is 0.370. The highest BCUT2D eigenvalue weighted by Gasteiger charge is 2.21. The molecule has 1 unspecified atom stereocenters. The van der Waals surface area contributed by atoms with Crippen LogP contribution >= 0.6 is 0 Å². The van der Waals surface area contributed by atoms with Crippen LogP contribution in [-0.4, -0.2) is 34.3 Å². The van der Waals surface area contributed by atoms with Gasteiger partial charge in [0, 0.05) is 12.7 Å². The van der Waals surface area contributed by atoms with Crippen LogP contribution in [0.25, 0.3) is 0 Å². The van der Waals surface area contributed by atoms with Gasteiger partial charge in [-0.15, -0.1) is 0 Å². The number of rotatable bonds is 13. The Bertz CT molecular complexity index is 1020. The van der Waals surface area contributed by atoms with Crippen LogP contribution in [-0.2, 0) is 38.8 Å². The maximum Gasteiger partial charge on any atom is 0.323 e. The van der Waals surface area contributed by atoms with Crippen molar-refractivity contribution in [2.45, 2.75) is 52.5 Å². The first kappa shape index (κ1) is 25.2. The lowest BCUT2D eigenvalue weighted by Gasteiger charge is -2.19. The van der Waals surface area contributed by atoms with Crippen molar-refractivity contribution in [3.63, 3.8) is 0 Å². The number of ether oxygens (including phenoxy) is 2. The molecule has 2 aromatic carbocycles. The summed E-state index contributed by atoms with van der Waals surface area (Å²) in [5, 5.41) is 7.60. The average Bonchev–Trinajstić information content (AvgIpc) is 3.29. The predicted molar refractivity (Wildman–Crippen MR) is 130 cm³/mol. The van der Waals surface area contributed by atoms with Gasteiger partial charge < -0.3 is 14.8 Å². The minimum atomic E-state index is -0.467. The molecule has 0 aliphatic heterocycles. The fourth-order valence-electron chi connectivity index (χ4n) is 3.48. The molecular formula is C27H33N3O4. The highest BCUT2D eigenvalue weighted by Crippen LogP contribution is 2.09. The molecule has 0 spiro atoms. The third kappa shape index (κ3) is 8.83. The summed E-state index contributed by atoms with van der Waals surface area (Å²) in [5.74, 6) is -0.347. The van der Waals surface area contributed by atoms with Gasteiger partial charge in [0.15, 0.2) is 0 Å². The zero-order chi connectivity index (χ0) is 24.2. The van der Waals surface area contributed by atoms with Gasteiger partial charge in [0.1, 0.15) is 19.3 Å². The van der Waals surface area contributed by atoms with E-state index in [0.29, 0.717) is 31.1 Å². The van der Waals surface area contributed by atoms with Crippen molar-refractivity contribution in [3.05, 3.63) is 89.7 Å². The summed E-state index contributed by atoms with van der Waals surface area (Å²) < 4.78 is 12.6. The van der Waals surface area contributed by atoms with Gasteiger partial charge in [-0.05, 0) is 29.5 Å². The normalized spacial score (nSPS) is 11.9. The predicted octanol–water partition coefficient (Wildman–Crippen LogP) is 4.11. The Morgan fingerprint density at radius 3 is 2.26 bits per heavy atom. The van der Waals surface area contributed by atoms with Crippen molar-refractivity contribution in [2.24, 2.45) is 5.92 Å². The van der Waals surface area contributed by atoms with E-state index in [9.17, 15) is 9.59 Å². The molecule has 0 fully saturated rings. The Morgan fingerprint density at radius 2 is 1.59 bits per heavy atom. The number of aromatic nitrogens is 2. The van der Waals surface area contributed by atoms with Crippen molar-refractivity contribution >= 4 is 11.9 Å². The van der Waals surface area contributed by atoms with E-state index >= 15 is 0 Å². The number of nitrogens with zero attached hydrogens (tertiary/aromatic N) is 2. The maximum absolute atomic E-state index is 12.6. The minimum Gasteiger partial charge on any atom is -0.460 e. The minimum absolute atomic E-state index is 0.120. The van der Waals surface area contributed by atoms with Gasteiger partial charge >= 0.3 is 11.9 Å². The second kappa shape index (κ2) is 13.3. The van der Waals surface area contributed by atoms with Crippen molar-refractivity contribution in [1.82, 2.24) is 15.1 Å². The molecule has 7 nitrogen and oxygen atoms in total. The number of carbonyl (C=O) groups excluding carboxylic acids is 2. The Morgan fingerprint density at radius 1 is 0.912 bits per heavy atom. The van der Waals surface area contributed by atoms with E-state index in [-0.39, 0.29) is 31.6 Å². The lowest BCUT2D eigenvalue weighted by atomic mass is 10.0. The van der Waals surface area contributed by atoms with Gasteiger partial charge in [0.2, 0.25) is 0 Å². The molecule has 0 saturated heterocycles. The number of hydrogen-bond acceptors (Lipinski definition) is 6. The summed E-state index contributed by atoms with van der Waals surface area (Å²) in [4.78, 5) is 24.7. The van der Waals surface area contributed by atoms with Crippen LogP contribution in [0.15, 0.2) is 72.9 Å². The molecule has 0 saturated carbocycles. The molecule has 1 atom stereocenters. The highest BCUT2D eigenvalue weighted by molar-refractivity contribution is 5.76. The molecule has 0 aliphatic rings. The molecule has 0 radical (unpaired) electrons. The third-order valence-electron chi connectivity index (χ3n) is 5.20. The van der Waals surface area contributed by atoms with Crippen molar-refractivity contribution in [1.29, 1.82) is 0 Å².